The lowest BCUT2D eigenvalue weighted by Crippen LogP contribution is -2.66. The summed E-state index contributed by atoms with van der Waals surface area (Å²) in [5, 5.41) is 2.18. The normalized spacial score (nSPS) is 15.2. The van der Waals surface area contributed by atoms with Crippen LogP contribution in [-0.2, 0) is 25.3 Å². The molecule has 0 saturated heterocycles. The summed E-state index contributed by atoms with van der Waals surface area (Å²) in [6, 6.07) is 28.4. The minimum absolute atomic E-state index is 0.0793. The summed E-state index contributed by atoms with van der Waals surface area (Å²) in [5.74, 6) is -0.777. The van der Waals surface area contributed by atoms with Crippen LogP contribution in [0.2, 0.25) is 5.04 Å². The van der Waals surface area contributed by atoms with Crippen molar-refractivity contribution in [1.29, 1.82) is 0 Å². The van der Waals surface area contributed by atoms with Crippen molar-refractivity contribution in [1.82, 2.24) is 0 Å². The summed E-state index contributed by atoms with van der Waals surface area (Å²) in [7, 11) is -1.42. The van der Waals surface area contributed by atoms with Gasteiger partial charge in [0.15, 0.2) is 0 Å². The van der Waals surface area contributed by atoms with Crippen molar-refractivity contribution in [2.24, 2.45) is 0 Å². The van der Waals surface area contributed by atoms with E-state index in [0.29, 0.717) is 18.4 Å². The van der Waals surface area contributed by atoms with Gasteiger partial charge in [-0.2, -0.15) is 0 Å². The fourth-order valence-electron chi connectivity index (χ4n) is 5.71. The van der Waals surface area contributed by atoms with E-state index in [2.05, 4.69) is 69.3 Å². The summed E-state index contributed by atoms with van der Waals surface area (Å²) in [6.45, 7) is 6.96. The van der Waals surface area contributed by atoms with Crippen molar-refractivity contribution >= 4 is 30.6 Å². The highest BCUT2D eigenvalue weighted by Crippen LogP contribution is 2.39. The molecule has 0 spiro atoms. The first-order valence-corrected chi connectivity index (χ1v) is 15.2. The Morgan fingerprint density at radius 2 is 1.34 bits per heavy atom. The zero-order valence-electron chi connectivity index (χ0n) is 22.9. The van der Waals surface area contributed by atoms with Crippen molar-refractivity contribution < 1.29 is 23.5 Å². The summed E-state index contributed by atoms with van der Waals surface area (Å²) in [6.07, 6.45) is 3.24. The quantitative estimate of drug-likeness (QED) is 0.259. The number of hydrogen-bond acceptors (Lipinski definition) is 5. The number of carbonyl (C=O) groups excluding carboxylic acids is 2. The second kappa shape index (κ2) is 11.7. The molecule has 3 aromatic carbocycles. The lowest BCUT2D eigenvalue weighted by molar-refractivity contribution is -0.146. The molecule has 1 aliphatic rings. The minimum Gasteiger partial charge on any atom is -0.469 e. The van der Waals surface area contributed by atoms with Gasteiger partial charge in [0.2, 0.25) is 0 Å². The molecule has 0 amide bonds. The van der Waals surface area contributed by atoms with Crippen LogP contribution in [0.15, 0.2) is 84.9 Å². The van der Waals surface area contributed by atoms with Gasteiger partial charge >= 0.3 is 11.9 Å². The number of ether oxygens (including phenoxy) is 2. The highest BCUT2D eigenvalue weighted by Gasteiger charge is 2.50. The highest BCUT2D eigenvalue weighted by molar-refractivity contribution is 6.99. The molecule has 0 radical (unpaired) electrons. The number of carbonyl (C=O) groups is 2. The first-order chi connectivity index (χ1) is 18.2. The summed E-state index contributed by atoms with van der Waals surface area (Å²) in [5.41, 5.74) is 0.439. The molecular formula is C32H38O5Si. The molecule has 0 aliphatic heterocycles. The molecule has 5 nitrogen and oxygen atoms in total. The van der Waals surface area contributed by atoms with Gasteiger partial charge in [-0.05, 0) is 52.7 Å². The van der Waals surface area contributed by atoms with Crippen molar-refractivity contribution in [3.63, 3.8) is 0 Å². The van der Waals surface area contributed by atoms with Gasteiger partial charge < -0.3 is 13.9 Å². The maximum absolute atomic E-state index is 13.5. The molecule has 0 N–H and O–H groups in total. The van der Waals surface area contributed by atoms with E-state index in [1.165, 1.54) is 17.5 Å². The molecule has 0 unspecified atom stereocenters. The van der Waals surface area contributed by atoms with Crippen LogP contribution in [-0.4, -0.2) is 33.0 Å². The Kier molecular flexibility index (Phi) is 8.53. The first kappa shape index (κ1) is 27.8. The Hall–Kier alpha value is -3.22. The largest absolute Gasteiger partial charge is 0.469 e. The maximum Gasteiger partial charge on any atom is 0.339 e. The zero-order valence-corrected chi connectivity index (χ0v) is 23.9. The Morgan fingerprint density at radius 3 is 1.87 bits per heavy atom. The van der Waals surface area contributed by atoms with Gasteiger partial charge in [0, 0.05) is 0 Å². The van der Waals surface area contributed by atoms with Gasteiger partial charge in [-0.1, -0.05) is 99.6 Å². The molecule has 1 fully saturated rings. The van der Waals surface area contributed by atoms with Gasteiger partial charge in [-0.25, -0.2) is 4.79 Å². The Labute approximate surface area is 227 Å². The van der Waals surface area contributed by atoms with Crippen molar-refractivity contribution in [3.05, 3.63) is 96.1 Å². The second-order valence-electron chi connectivity index (χ2n) is 11.1. The summed E-state index contributed by atoms with van der Waals surface area (Å²) < 4.78 is 18.1. The Balaban J connectivity index is 1.68. The molecule has 1 saturated carbocycles. The lowest BCUT2D eigenvalue weighted by Gasteiger charge is -2.43. The van der Waals surface area contributed by atoms with E-state index in [9.17, 15) is 9.59 Å². The van der Waals surface area contributed by atoms with E-state index in [-0.39, 0.29) is 24.0 Å². The van der Waals surface area contributed by atoms with E-state index in [1.807, 2.05) is 30.3 Å². The number of hydrogen-bond donors (Lipinski definition) is 0. The molecule has 3 aromatic rings. The summed E-state index contributed by atoms with van der Waals surface area (Å²) in [4.78, 5) is 25.6. The third-order valence-corrected chi connectivity index (χ3v) is 12.6. The molecular weight excluding hydrogens is 492 g/mol. The number of benzene rings is 3. The Bertz CT molecular complexity index is 1190. The maximum atomic E-state index is 13.5. The van der Waals surface area contributed by atoms with E-state index in [0.717, 1.165) is 18.4 Å². The van der Waals surface area contributed by atoms with Crippen molar-refractivity contribution in [2.45, 2.75) is 70.1 Å². The van der Waals surface area contributed by atoms with Crippen LogP contribution >= 0.6 is 0 Å². The average molecular weight is 531 g/mol. The second-order valence-corrected chi connectivity index (χ2v) is 15.4. The van der Waals surface area contributed by atoms with Crippen LogP contribution in [0.1, 0.15) is 68.8 Å². The van der Waals surface area contributed by atoms with Crippen LogP contribution < -0.4 is 10.4 Å². The molecule has 0 atom stereocenters. The molecule has 0 aromatic heterocycles. The zero-order chi connectivity index (χ0) is 27.2. The molecule has 38 heavy (non-hydrogen) atoms. The first-order valence-electron chi connectivity index (χ1n) is 13.3. The van der Waals surface area contributed by atoms with E-state index >= 15 is 0 Å². The van der Waals surface area contributed by atoms with Gasteiger partial charge in [-0.15, -0.1) is 0 Å². The third kappa shape index (κ3) is 5.76. The van der Waals surface area contributed by atoms with Crippen LogP contribution in [0.4, 0.5) is 0 Å². The van der Waals surface area contributed by atoms with Crippen LogP contribution in [0, 0.1) is 0 Å². The Morgan fingerprint density at radius 1 is 0.816 bits per heavy atom. The van der Waals surface area contributed by atoms with Gasteiger partial charge in [0.1, 0.15) is 5.60 Å². The van der Waals surface area contributed by atoms with E-state index < -0.39 is 19.9 Å². The van der Waals surface area contributed by atoms with E-state index in [4.69, 9.17) is 13.9 Å². The number of esters is 2. The summed E-state index contributed by atoms with van der Waals surface area (Å²) >= 11 is 0. The third-order valence-electron chi connectivity index (χ3n) is 7.62. The van der Waals surface area contributed by atoms with Gasteiger partial charge in [0.25, 0.3) is 8.32 Å². The van der Waals surface area contributed by atoms with Crippen molar-refractivity contribution in [2.75, 3.05) is 7.11 Å². The molecule has 1 aliphatic carbocycles. The fraction of sp³-hybridized carbons (Fsp3) is 0.375. The predicted octanol–water partition coefficient (Wildman–Crippen LogP) is 5.80. The van der Waals surface area contributed by atoms with Crippen LogP contribution in [0.3, 0.4) is 0 Å². The van der Waals surface area contributed by atoms with Crippen LogP contribution in [0.5, 0.6) is 0 Å². The topological polar surface area (TPSA) is 61.8 Å². The standard InChI is InChI=1S/C32H38O5Si/c1-31(2,3)38(26-16-7-5-8-17-26,27-18-9-6-10-19-27)36-24-25-15-11-12-20-28(25)30(34)37-32(21-13-14-22-32)23-29(33)35-4/h5-12,15-20H,13-14,21-24H2,1-4H3. The number of methoxy groups -OCH3 is 1. The van der Waals surface area contributed by atoms with E-state index in [1.54, 1.807) is 6.07 Å². The molecule has 6 heteroatoms. The lowest BCUT2D eigenvalue weighted by atomic mass is 9.97. The monoisotopic (exact) mass is 530 g/mol. The van der Waals surface area contributed by atoms with Crippen LogP contribution in [0.25, 0.3) is 0 Å². The molecule has 4 rings (SSSR count). The fourth-order valence-corrected chi connectivity index (χ4v) is 10.2. The minimum atomic E-state index is -2.78. The van der Waals surface area contributed by atoms with Crippen molar-refractivity contribution in [3.8, 4) is 0 Å². The SMILES string of the molecule is COC(=O)CC1(OC(=O)c2ccccc2CO[Si](c2ccccc2)(c2ccccc2)C(C)(C)C)CCCC1. The molecule has 0 bridgehead atoms. The number of rotatable bonds is 9. The van der Waals surface area contributed by atoms with Gasteiger partial charge in [-0.3, -0.25) is 4.79 Å². The smallest absolute Gasteiger partial charge is 0.339 e. The predicted molar refractivity (Wildman–Crippen MR) is 152 cm³/mol. The highest BCUT2D eigenvalue weighted by atomic mass is 28.4. The average Bonchev–Trinajstić information content (AvgIpc) is 3.37. The molecule has 0 heterocycles. The molecule has 200 valence electrons. The van der Waals surface area contributed by atoms with Gasteiger partial charge in [0.05, 0.1) is 25.7 Å².